The van der Waals surface area contributed by atoms with Crippen LogP contribution in [-0.4, -0.2) is 46.6 Å². The minimum atomic E-state index is -3.51. The zero-order valence-corrected chi connectivity index (χ0v) is 13.7. The average Bonchev–Trinajstić information content (AvgIpc) is 2.88. The summed E-state index contributed by atoms with van der Waals surface area (Å²) in [6.45, 7) is 1.83. The lowest BCUT2D eigenvalue weighted by molar-refractivity contribution is 0.527. The van der Waals surface area contributed by atoms with Crippen molar-refractivity contribution in [3.8, 4) is 11.3 Å². The van der Waals surface area contributed by atoms with Crippen molar-refractivity contribution in [3.05, 3.63) is 42.2 Å². The molecule has 0 saturated carbocycles. The summed E-state index contributed by atoms with van der Waals surface area (Å²) in [4.78, 5) is 0. The van der Waals surface area contributed by atoms with Crippen LogP contribution in [0.25, 0.3) is 16.9 Å². The van der Waals surface area contributed by atoms with E-state index in [0.717, 1.165) is 15.6 Å². The minimum Gasteiger partial charge on any atom is -0.271 e. The van der Waals surface area contributed by atoms with Gasteiger partial charge in [0.15, 0.2) is 11.5 Å². The van der Waals surface area contributed by atoms with Crippen LogP contribution in [0.15, 0.2) is 36.4 Å². The van der Waals surface area contributed by atoms with Crippen LogP contribution in [0.4, 0.5) is 5.69 Å². The molecule has 1 N–H and O–H groups in total. The van der Waals surface area contributed by atoms with Crippen molar-refractivity contribution in [2.45, 2.75) is 6.92 Å². The maximum absolute atomic E-state index is 11.8. The van der Waals surface area contributed by atoms with Gasteiger partial charge in [0.1, 0.15) is 0 Å². The fourth-order valence-corrected chi connectivity index (χ4v) is 2.62. The second-order valence-electron chi connectivity index (χ2n) is 5.20. The molecule has 0 unspecified atom stereocenters. The first-order valence-corrected chi connectivity index (χ1v) is 8.30. The van der Waals surface area contributed by atoms with Crippen LogP contribution in [-0.2, 0) is 10.2 Å². The summed E-state index contributed by atoms with van der Waals surface area (Å²) in [5, 5.41) is 12.4. The highest BCUT2D eigenvalue weighted by atomic mass is 32.2. The first-order valence-electron chi connectivity index (χ1n) is 6.86. The lowest BCUT2D eigenvalue weighted by Crippen LogP contribution is -2.28. The number of nitrogens with zero attached hydrogens (tertiary/aromatic N) is 5. The third-order valence-corrected chi connectivity index (χ3v) is 4.78. The standard InChI is InChI=1S/C14H16N6O2S/c1-10-15-16-14-9-8-13(17-20(10)14)11-4-6-12(7-5-11)18-23(21,22)19(2)3/h4-9,18H,1-3H3. The molecule has 0 aliphatic carbocycles. The van der Waals surface area contributed by atoms with Gasteiger partial charge in [0.05, 0.1) is 5.69 Å². The number of rotatable bonds is 4. The van der Waals surface area contributed by atoms with E-state index in [1.807, 2.05) is 19.1 Å². The highest BCUT2D eigenvalue weighted by Gasteiger charge is 2.13. The molecular formula is C14H16N6O2S. The van der Waals surface area contributed by atoms with Crippen LogP contribution >= 0.6 is 0 Å². The largest absolute Gasteiger partial charge is 0.301 e. The summed E-state index contributed by atoms with van der Waals surface area (Å²) in [5.41, 5.74) is 2.79. The Bertz CT molecular complexity index is 947. The van der Waals surface area contributed by atoms with Crippen LogP contribution in [0.1, 0.15) is 5.82 Å². The van der Waals surface area contributed by atoms with Gasteiger partial charge >= 0.3 is 10.2 Å². The molecule has 0 fully saturated rings. The molecule has 120 valence electrons. The SMILES string of the molecule is Cc1nnc2ccc(-c3ccc(NS(=O)(=O)N(C)C)cc3)nn12. The topological polar surface area (TPSA) is 92.5 Å². The molecule has 8 nitrogen and oxygen atoms in total. The predicted molar refractivity (Wildman–Crippen MR) is 87.2 cm³/mol. The van der Waals surface area contributed by atoms with Crippen molar-refractivity contribution in [1.82, 2.24) is 24.1 Å². The van der Waals surface area contributed by atoms with E-state index in [2.05, 4.69) is 20.0 Å². The molecule has 2 aromatic heterocycles. The fourth-order valence-electron chi connectivity index (χ4n) is 2.00. The molecule has 0 atom stereocenters. The predicted octanol–water partition coefficient (Wildman–Crippen LogP) is 1.32. The van der Waals surface area contributed by atoms with Gasteiger partial charge in [-0.05, 0) is 31.2 Å². The van der Waals surface area contributed by atoms with E-state index < -0.39 is 10.2 Å². The van der Waals surface area contributed by atoms with Crippen LogP contribution < -0.4 is 4.72 Å². The van der Waals surface area contributed by atoms with E-state index in [-0.39, 0.29) is 0 Å². The van der Waals surface area contributed by atoms with Gasteiger partial charge in [-0.25, -0.2) is 0 Å². The number of aromatic nitrogens is 4. The molecule has 9 heteroatoms. The molecule has 1 aromatic carbocycles. The summed E-state index contributed by atoms with van der Waals surface area (Å²) in [5.74, 6) is 0.706. The first kappa shape index (κ1) is 15.4. The summed E-state index contributed by atoms with van der Waals surface area (Å²) in [6, 6.07) is 10.7. The van der Waals surface area contributed by atoms with Crippen LogP contribution in [0.5, 0.6) is 0 Å². The fraction of sp³-hybridized carbons (Fsp3) is 0.214. The second-order valence-corrected chi connectivity index (χ2v) is 7.09. The first-order chi connectivity index (χ1) is 10.9. The molecule has 3 rings (SSSR count). The number of benzene rings is 1. The van der Waals surface area contributed by atoms with E-state index in [1.165, 1.54) is 14.1 Å². The van der Waals surface area contributed by atoms with Gasteiger partial charge in [0.2, 0.25) is 0 Å². The van der Waals surface area contributed by atoms with Crippen LogP contribution in [0, 0.1) is 6.92 Å². The average molecular weight is 332 g/mol. The smallest absolute Gasteiger partial charge is 0.271 e. The van der Waals surface area contributed by atoms with Gasteiger partial charge in [-0.3, -0.25) is 4.72 Å². The molecule has 2 heterocycles. The van der Waals surface area contributed by atoms with E-state index >= 15 is 0 Å². The quantitative estimate of drug-likeness (QED) is 0.778. The Morgan fingerprint density at radius 2 is 1.74 bits per heavy atom. The van der Waals surface area contributed by atoms with E-state index in [0.29, 0.717) is 17.2 Å². The summed E-state index contributed by atoms with van der Waals surface area (Å²) in [6.07, 6.45) is 0. The molecule has 0 aliphatic rings. The summed E-state index contributed by atoms with van der Waals surface area (Å²) >= 11 is 0. The van der Waals surface area contributed by atoms with Crippen molar-refractivity contribution < 1.29 is 8.42 Å². The number of fused-ring (bicyclic) bond motifs is 1. The van der Waals surface area contributed by atoms with Gasteiger partial charge in [0.25, 0.3) is 0 Å². The number of anilines is 1. The zero-order valence-electron chi connectivity index (χ0n) is 12.9. The van der Waals surface area contributed by atoms with Gasteiger partial charge in [-0.2, -0.15) is 22.3 Å². The highest BCUT2D eigenvalue weighted by molar-refractivity contribution is 7.90. The maximum Gasteiger partial charge on any atom is 0.301 e. The van der Waals surface area contributed by atoms with Crippen LogP contribution in [0.3, 0.4) is 0 Å². The van der Waals surface area contributed by atoms with E-state index in [1.54, 1.807) is 28.8 Å². The third kappa shape index (κ3) is 3.01. The number of hydrogen-bond acceptors (Lipinski definition) is 5. The molecule has 23 heavy (non-hydrogen) atoms. The van der Waals surface area contributed by atoms with E-state index in [9.17, 15) is 8.42 Å². The third-order valence-electron chi connectivity index (χ3n) is 3.33. The minimum absolute atomic E-state index is 0.490. The monoisotopic (exact) mass is 332 g/mol. The molecule has 3 aromatic rings. The Morgan fingerprint density at radius 1 is 1.04 bits per heavy atom. The number of nitrogens with one attached hydrogen (secondary N) is 1. The van der Waals surface area contributed by atoms with Gasteiger partial charge in [0, 0.05) is 25.3 Å². The molecule has 0 saturated heterocycles. The Morgan fingerprint density at radius 3 is 2.39 bits per heavy atom. The highest BCUT2D eigenvalue weighted by Crippen LogP contribution is 2.20. The van der Waals surface area contributed by atoms with E-state index in [4.69, 9.17) is 0 Å². The zero-order chi connectivity index (χ0) is 16.6. The van der Waals surface area contributed by atoms with Crippen molar-refractivity contribution >= 4 is 21.5 Å². The lowest BCUT2D eigenvalue weighted by atomic mass is 10.1. The maximum atomic E-state index is 11.8. The summed E-state index contributed by atoms with van der Waals surface area (Å²) in [7, 11) is -0.569. The van der Waals surface area contributed by atoms with Crippen molar-refractivity contribution in [3.63, 3.8) is 0 Å². The van der Waals surface area contributed by atoms with Crippen molar-refractivity contribution in [1.29, 1.82) is 0 Å². The van der Waals surface area contributed by atoms with Gasteiger partial charge in [-0.1, -0.05) is 12.1 Å². The molecule has 0 amide bonds. The van der Waals surface area contributed by atoms with Gasteiger partial charge < -0.3 is 0 Å². The molecule has 0 spiro atoms. The molecular weight excluding hydrogens is 316 g/mol. The Hall–Kier alpha value is -2.52. The normalized spacial score (nSPS) is 12.0. The Labute approximate surface area is 134 Å². The van der Waals surface area contributed by atoms with Gasteiger partial charge in [-0.15, -0.1) is 10.2 Å². The molecule has 0 radical (unpaired) electrons. The molecule has 0 bridgehead atoms. The van der Waals surface area contributed by atoms with Crippen molar-refractivity contribution in [2.75, 3.05) is 18.8 Å². The van der Waals surface area contributed by atoms with Crippen molar-refractivity contribution in [2.24, 2.45) is 0 Å². The summed E-state index contributed by atoms with van der Waals surface area (Å²) < 4.78 is 28.9. The molecule has 0 aliphatic heterocycles. The van der Waals surface area contributed by atoms with Crippen LogP contribution in [0.2, 0.25) is 0 Å². The number of hydrogen-bond donors (Lipinski definition) is 1. The second kappa shape index (κ2) is 5.60. The Balaban J connectivity index is 1.90. The Kier molecular flexibility index (Phi) is 3.74. The number of aryl methyl sites for hydroxylation is 1. The lowest BCUT2D eigenvalue weighted by Gasteiger charge is -2.13.